The van der Waals surface area contributed by atoms with E-state index in [9.17, 15) is 0 Å². The van der Waals surface area contributed by atoms with E-state index < -0.39 is 0 Å². The Bertz CT molecular complexity index is 655. The van der Waals surface area contributed by atoms with Gasteiger partial charge in [-0.1, -0.05) is 11.6 Å². The Morgan fingerprint density at radius 3 is 2.81 bits per heavy atom. The minimum Gasteiger partial charge on any atom is -0.497 e. The van der Waals surface area contributed by atoms with Gasteiger partial charge in [-0.25, -0.2) is 4.98 Å². The van der Waals surface area contributed by atoms with E-state index in [1.54, 1.807) is 7.11 Å². The molecule has 0 saturated heterocycles. The van der Waals surface area contributed by atoms with Crippen molar-refractivity contribution in [3.8, 4) is 5.75 Å². The SMILES string of the molecule is COc1ccc2cc(CN(C)C(C)C3CC3)c(Cl)nc2c1. The molecule has 112 valence electrons. The highest BCUT2D eigenvalue weighted by Crippen LogP contribution is 2.35. The molecule has 0 N–H and O–H groups in total. The highest BCUT2D eigenvalue weighted by molar-refractivity contribution is 6.30. The van der Waals surface area contributed by atoms with Gasteiger partial charge in [-0.15, -0.1) is 0 Å². The minimum atomic E-state index is 0.589. The van der Waals surface area contributed by atoms with E-state index >= 15 is 0 Å². The summed E-state index contributed by atoms with van der Waals surface area (Å²) in [6.07, 6.45) is 2.71. The number of fused-ring (bicyclic) bond motifs is 1. The molecule has 1 atom stereocenters. The van der Waals surface area contributed by atoms with Gasteiger partial charge in [0.05, 0.1) is 12.6 Å². The first-order valence-electron chi connectivity index (χ1n) is 7.42. The van der Waals surface area contributed by atoms with E-state index in [2.05, 4.69) is 29.9 Å². The molecule has 1 aromatic heterocycles. The van der Waals surface area contributed by atoms with Crippen LogP contribution in [0.25, 0.3) is 10.9 Å². The molecule has 3 nitrogen and oxygen atoms in total. The van der Waals surface area contributed by atoms with Gasteiger partial charge in [0.15, 0.2) is 0 Å². The third kappa shape index (κ3) is 3.14. The van der Waals surface area contributed by atoms with Crippen molar-refractivity contribution >= 4 is 22.5 Å². The van der Waals surface area contributed by atoms with Crippen LogP contribution in [0.5, 0.6) is 5.75 Å². The number of hydrogen-bond acceptors (Lipinski definition) is 3. The van der Waals surface area contributed by atoms with Crippen LogP contribution in [0.4, 0.5) is 0 Å². The van der Waals surface area contributed by atoms with E-state index in [0.717, 1.165) is 34.7 Å². The molecule has 1 aromatic carbocycles. The molecule has 1 heterocycles. The van der Waals surface area contributed by atoms with Crippen molar-refractivity contribution in [2.24, 2.45) is 5.92 Å². The van der Waals surface area contributed by atoms with Gasteiger partial charge in [-0.3, -0.25) is 4.90 Å². The number of rotatable bonds is 5. The van der Waals surface area contributed by atoms with E-state index in [0.29, 0.717) is 11.2 Å². The number of pyridine rings is 1. The van der Waals surface area contributed by atoms with Crippen LogP contribution >= 0.6 is 11.6 Å². The van der Waals surface area contributed by atoms with E-state index in [-0.39, 0.29) is 0 Å². The largest absolute Gasteiger partial charge is 0.497 e. The van der Waals surface area contributed by atoms with Crippen molar-refractivity contribution in [2.75, 3.05) is 14.2 Å². The van der Waals surface area contributed by atoms with Crippen molar-refractivity contribution in [1.82, 2.24) is 9.88 Å². The van der Waals surface area contributed by atoms with Gasteiger partial charge in [0, 0.05) is 29.6 Å². The van der Waals surface area contributed by atoms with Gasteiger partial charge >= 0.3 is 0 Å². The lowest BCUT2D eigenvalue weighted by Crippen LogP contribution is -2.30. The van der Waals surface area contributed by atoms with Crippen LogP contribution in [0.3, 0.4) is 0 Å². The first-order chi connectivity index (χ1) is 10.1. The van der Waals surface area contributed by atoms with Gasteiger partial charge in [0.25, 0.3) is 0 Å². The zero-order valence-electron chi connectivity index (χ0n) is 12.8. The first-order valence-corrected chi connectivity index (χ1v) is 7.79. The Labute approximate surface area is 130 Å². The summed E-state index contributed by atoms with van der Waals surface area (Å²) >= 11 is 6.36. The van der Waals surface area contributed by atoms with Crippen molar-refractivity contribution in [1.29, 1.82) is 0 Å². The van der Waals surface area contributed by atoms with E-state index in [1.165, 1.54) is 12.8 Å². The molecule has 0 bridgehead atoms. The average Bonchev–Trinajstić information content (AvgIpc) is 3.31. The molecule has 1 unspecified atom stereocenters. The quantitative estimate of drug-likeness (QED) is 0.777. The third-order valence-electron chi connectivity index (χ3n) is 4.47. The Hall–Kier alpha value is -1.32. The summed E-state index contributed by atoms with van der Waals surface area (Å²) in [5.41, 5.74) is 1.96. The molecule has 0 radical (unpaired) electrons. The molecule has 1 saturated carbocycles. The van der Waals surface area contributed by atoms with Gasteiger partial charge in [0.1, 0.15) is 10.9 Å². The fourth-order valence-electron chi connectivity index (χ4n) is 2.76. The van der Waals surface area contributed by atoms with E-state index in [1.807, 2.05) is 18.2 Å². The summed E-state index contributed by atoms with van der Waals surface area (Å²) in [6.45, 7) is 3.14. The fourth-order valence-corrected chi connectivity index (χ4v) is 2.96. The maximum absolute atomic E-state index is 6.36. The van der Waals surface area contributed by atoms with Crippen molar-refractivity contribution < 1.29 is 4.74 Å². The highest BCUT2D eigenvalue weighted by Gasteiger charge is 2.30. The Morgan fingerprint density at radius 1 is 1.38 bits per heavy atom. The average molecular weight is 305 g/mol. The zero-order chi connectivity index (χ0) is 15.0. The number of ether oxygens (including phenoxy) is 1. The number of nitrogens with zero attached hydrogens (tertiary/aromatic N) is 2. The maximum atomic E-state index is 6.36. The van der Waals surface area contributed by atoms with Gasteiger partial charge in [-0.2, -0.15) is 0 Å². The lowest BCUT2D eigenvalue weighted by molar-refractivity contribution is 0.226. The number of methoxy groups -OCH3 is 1. The molecule has 1 aliphatic carbocycles. The van der Waals surface area contributed by atoms with Gasteiger partial charge in [-0.05, 0) is 50.9 Å². The summed E-state index contributed by atoms with van der Waals surface area (Å²) in [6, 6.07) is 8.65. The van der Waals surface area contributed by atoms with Crippen LogP contribution < -0.4 is 4.74 Å². The molecule has 1 aliphatic rings. The first kappa shape index (κ1) is 14.6. The second kappa shape index (κ2) is 5.82. The molecule has 1 fully saturated rings. The lowest BCUT2D eigenvalue weighted by Gasteiger charge is -2.25. The number of aromatic nitrogens is 1. The van der Waals surface area contributed by atoms with Crippen LogP contribution in [0.1, 0.15) is 25.3 Å². The van der Waals surface area contributed by atoms with Crippen molar-refractivity contribution in [3.05, 3.63) is 35.0 Å². The summed E-state index contributed by atoms with van der Waals surface area (Å²) in [5, 5.41) is 1.69. The topological polar surface area (TPSA) is 25.4 Å². The molecule has 2 aromatic rings. The summed E-state index contributed by atoms with van der Waals surface area (Å²) in [5.74, 6) is 1.66. The number of benzene rings is 1. The summed E-state index contributed by atoms with van der Waals surface area (Å²) in [4.78, 5) is 6.89. The Balaban J connectivity index is 1.86. The Morgan fingerprint density at radius 2 is 2.14 bits per heavy atom. The zero-order valence-corrected chi connectivity index (χ0v) is 13.5. The molecule has 0 amide bonds. The second-order valence-electron chi connectivity index (χ2n) is 5.99. The molecule has 3 rings (SSSR count). The molecule has 4 heteroatoms. The number of halogens is 1. The van der Waals surface area contributed by atoms with Gasteiger partial charge in [0.2, 0.25) is 0 Å². The maximum Gasteiger partial charge on any atom is 0.134 e. The Kier molecular flexibility index (Phi) is 4.05. The molecular formula is C17H21ClN2O. The van der Waals surface area contributed by atoms with Crippen molar-refractivity contribution in [3.63, 3.8) is 0 Å². The third-order valence-corrected chi connectivity index (χ3v) is 4.80. The van der Waals surface area contributed by atoms with Crippen LogP contribution in [0.2, 0.25) is 5.15 Å². The minimum absolute atomic E-state index is 0.589. The molecule has 21 heavy (non-hydrogen) atoms. The van der Waals surface area contributed by atoms with E-state index in [4.69, 9.17) is 16.3 Å². The summed E-state index contributed by atoms with van der Waals surface area (Å²) < 4.78 is 5.23. The fraction of sp³-hybridized carbons (Fsp3) is 0.471. The van der Waals surface area contributed by atoms with Gasteiger partial charge < -0.3 is 4.74 Å². The van der Waals surface area contributed by atoms with Crippen LogP contribution in [0, 0.1) is 5.92 Å². The van der Waals surface area contributed by atoms with Crippen LogP contribution in [-0.4, -0.2) is 30.1 Å². The predicted molar refractivity (Wildman–Crippen MR) is 87.0 cm³/mol. The number of hydrogen-bond donors (Lipinski definition) is 0. The lowest BCUT2D eigenvalue weighted by atomic mass is 10.1. The monoisotopic (exact) mass is 304 g/mol. The highest BCUT2D eigenvalue weighted by atomic mass is 35.5. The summed E-state index contributed by atoms with van der Waals surface area (Å²) in [7, 11) is 3.82. The van der Waals surface area contributed by atoms with Crippen LogP contribution in [0.15, 0.2) is 24.3 Å². The van der Waals surface area contributed by atoms with Crippen molar-refractivity contribution in [2.45, 2.75) is 32.4 Å². The van der Waals surface area contributed by atoms with Crippen LogP contribution in [-0.2, 0) is 6.54 Å². The standard InChI is InChI=1S/C17H21ClN2O/c1-11(12-4-5-12)20(2)10-14-8-13-6-7-15(21-3)9-16(13)19-17(14)18/h6-9,11-12H,4-5,10H2,1-3H3. The smallest absolute Gasteiger partial charge is 0.134 e. The molecule has 0 aliphatic heterocycles. The molecule has 0 spiro atoms. The molecular weight excluding hydrogens is 284 g/mol. The second-order valence-corrected chi connectivity index (χ2v) is 6.35. The normalized spacial score (nSPS) is 16.4. The predicted octanol–water partition coefficient (Wildman–Crippen LogP) is 4.13.